The lowest BCUT2D eigenvalue weighted by Gasteiger charge is -2.09. The molecule has 1 aliphatic heterocycles. The number of carbonyl (C=O) groups is 2. The third-order valence-corrected chi connectivity index (χ3v) is 4.42. The molecular weight excluding hydrogens is 394 g/mol. The Kier molecular flexibility index (Phi) is 6.04. The van der Waals surface area contributed by atoms with Gasteiger partial charge >= 0.3 is 0 Å². The molecule has 2 amide bonds. The van der Waals surface area contributed by atoms with Crippen molar-refractivity contribution in [2.24, 2.45) is 5.10 Å². The molecule has 1 heterocycles. The number of nitrogens with zero attached hydrogens (tertiary/aromatic N) is 1. The number of rotatable bonds is 6. The summed E-state index contributed by atoms with van der Waals surface area (Å²) in [4.78, 5) is 25.4. The number of amides is 2. The second-order valence-corrected chi connectivity index (χ2v) is 6.60. The average molecular weight is 413 g/mol. The van der Waals surface area contributed by atoms with Crippen LogP contribution in [0.2, 0.25) is 0 Å². The first-order valence-corrected chi connectivity index (χ1v) is 9.55. The minimum Gasteiger partial charge on any atom is -0.454 e. The number of hydrogen-bond donors (Lipinski definition) is 2. The topological polar surface area (TPSA) is 89.0 Å². The summed E-state index contributed by atoms with van der Waals surface area (Å²) >= 11 is 0. The molecule has 2 N–H and O–H groups in total. The SMILES string of the molecule is O=C(N/N=C/c1ccccc1)/C(=C/c1ccc2c(c1)OCO2)NC(=O)c1ccccc1. The molecule has 0 unspecified atom stereocenters. The molecule has 0 atom stereocenters. The van der Waals surface area contributed by atoms with E-state index in [0.717, 1.165) is 5.56 Å². The highest BCUT2D eigenvalue weighted by atomic mass is 16.7. The standard InChI is InChI=1S/C24H19N3O4/c28-23(19-9-5-2-6-10-19)26-20(13-18-11-12-21-22(14-18)31-16-30-21)24(29)27-25-15-17-7-3-1-4-8-17/h1-15H,16H2,(H,26,28)(H,27,29)/b20-13-,25-15+. The Balaban J connectivity index is 1.56. The van der Waals surface area contributed by atoms with Crippen LogP contribution in [0.15, 0.2) is 89.7 Å². The van der Waals surface area contributed by atoms with Crippen molar-refractivity contribution < 1.29 is 19.1 Å². The molecule has 0 bridgehead atoms. The van der Waals surface area contributed by atoms with Gasteiger partial charge in [-0.3, -0.25) is 9.59 Å². The van der Waals surface area contributed by atoms with Gasteiger partial charge < -0.3 is 14.8 Å². The van der Waals surface area contributed by atoms with Crippen molar-refractivity contribution in [2.75, 3.05) is 6.79 Å². The van der Waals surface area contributed by atoms with E-state index in [2.05, 4.69) is 15.8 Å². The van der Waals surface area contributed by atoms with Crippen LogP contribution in [0.3, 0.4) is 0 Å². The first-order valence-electron chi connectivity index (χ1n) is 9.55. The number of hydrogen-bond acceptors (Lipinski definition) is 5. The summed E-state index contributed by atoms with van der Waals surface area (Å²) in [6.07, 6.45) is 3.07. The number of ether oxygens (including phenoxy) is 2. The third kappa shape index (κ3) is 5.16. The van der Waals surface area contributed by atoms with E-state index in [9.17, 15) is 9.59 Å². The van der Waals surface area contributed by atoms with Crippen molar-refractivity contribution in [3.8, 4) is 11.5 Å². The maximum atomic E-state index is 12.8. The highest BCUT2D eigenvalue weighted by Crippen LogP contribution is 2.33. The first-order chi connectivity index (χ1) is 15.2. The van der Waals surface area contributed by atoms with Crippen LogP contribution in [-0.4, -0.2) is 24.8 Å². The average Bonchev–Trinajstić information content (AvgIpc) is 3.28. The maximum absolute atomic E-state index is 12.8. The van der Waals surface area contributed by atoms with E-state index in [0.29, 0.717) is 22.6 Å². The van der Waals surface area contributed by atoms with Crippen LogP contribution >= 0.6 is 0 Å². The third-order valence-electron chi connectivity index (χ3n) is 4.42. The fourth-order valence-corrected chi connectivity index (χ4v) is 2.88. The molecule has 0 saturated heterocycles. The van der Waals surface area contributed by atoms with Gasteiger partial charge in [0.25, 0.3) is 11.8 Å². The van der Waals surface area contributed by atoms with Gasteiger partial charge in [0.1, 0.15) is 5.70 Å². The molecule has 7 nitrogen and oxygen atoms in total. The van der Waals surface area contributed by atoms with E-state index in [4.69, 9.17) is 9.47 Å². The van der Waals surface area contributed by atoms with Crippen molar-refractivity contribution in [3.63, 3.8) is 0 Å². The van der Waals surface area contributed by atoms with Crippen LogP contribution in [0.4, 0.5) is 0 Å². The molecule has 0 spiro atoms. The molecule has 4 rings (SSSR count). The van der Waals surface area contributed by atoms with Gasteiger partial charge in [-0.25, -0.2) is 5.43 Å². The lowest BCUT2D eigenvalue weighted by Crippen LogP contribution is -2.32. The van der Waals surface area contributed by atoms with E-state index < -0.39 is 11.8 Å². The smallest absolute Gasteiger partial charge is 0.287 e. The fraction of sp³-hybridized carbons (Fsp3) is 0.0417. The summed E-state index contributed by atoms with van der Waals surface area (Å²) in [5, 5.41) is 6.64. The van der Waals surface area contributed by atoms with E-state index in [-0.39, 0.29) is 12.5 Å². The Morgan fingerprint density at radius 2 is 1.55 bits per heavy atom. The fourth-order valence-electron chi connectivity index (χ4n) is 2.88. The largest absolute Gasteiger partial charge is 0.454 e. The van der Waals surface area contributed by atoms with Gasteiger partial charge in [0, 0.05) is 5.56 Å². The summed E-state index contributed by atoms with van der Waals surface area (Å²) in [5.74, 6) is 0.234. The molecule has 7 heteroatoms. The van der Waals surface area contributed by atoms with Gasteiger partial charge in [0.15, 0.2) is 11.5 Å². The summed E-state index contributed by atoms with van der Waals surface area (Å²) in [6, 6.07) is 23.2. The Morgan fingerprint density at radius 1 is 0.839 bits per heavy atom. The summed E-state index contributed by atoms with van der Waals surface area (Å²) in [5.41, 5.74) is 4.42. The van der Waals surface area contributed by atoms with E-state index in [1.165, 1.54) is 6.21 Å². The second-order valence-electron chi connectivity index (χ2n) is 6.60. The summed E-state index contributed by atoms with van der Waals surface area (Å²) in [7, 11) is 0. The van der Waals surface area contributed by atoms with E-state index in [1.807, 2.05) is 36.4 Å². The Morgan fingerprint density at radius 3 is 2.32 bits per heavy atom. The second kappa shape index (κ2) is 9.41. The van der Waals surface area contributed by atoms with Crippen LogP contribution in [0.1, 0.15) is 21.5 Å². The van der Waals surface area contributed by atoms with Crippen molar-refractivity contribution in [1.82, 2.24) is 10.7 Å². The quantitative estimate of drug-likeness (QED) is 0.369. The molecule has 154 valence electrons. The minimum atomic E-state index is -0.561. The molecular formula is C24H19N3O4. The zero-order valence-corrected chi connectivity index (χ0v) is 16.4. The Hall–Kier alpha value is -4.39. The highest BCUT2D eigenvalue weighted by Gasteiger charge is 2.16. The lowest BCUT2D eigenvalue weighted by molar-refractivity contribution is -0.117. The number of benzene rings is 3. The monoisotopic (exact) mass is 413 g/mol. The molecule has 3 aromatic carbocycles. The number of nitrogens with one attached hydrogen (secondary N) is 2. The molecule has 0 saturated carbocycles. The number of hydrazone groups is 1. The molecule has 0 fully saturated rings. The van der Waals surface area contributed by atoms with Crippen LogP contribution in [-0.2, 0) is 4.79 Å². The molecule has 1 aliphatic rings. The van der Waals surface area contributed by atoms with Crippen molar-refractivity contribution in [2.45, 2.75) is 0 Å². The van der Waals surface area contributed by atoms with Crippen LogP contribution in [0, 0.1) is 0 Å². The van der Waals surface area contributed by atoms with E-state index >= 15 is 0 Å². The predicted octanol–water partition coefficient (Wildman–Crippen LogP) is 3.34. The van der Waals surface area contributed by atoms with Crippen LogP contribution in [0.25, 0.3) is 6.08 Å². The molecule has 3 aromatic rings. The maximum Gasteiger partial charge on any atom is 0.287 e. The Bertz CT molecular complexity index is 1140. The zero-order chi connectivity index (χ0) is 21.5. The first kappa shape index (κ1) is 19.9. The molecule has 31 heavy (non-hydrogen) atoms. The molecule has 0 aromatic heterocycles. The van der Waals surface area contributed by atoms with Crippen molar-refractivity contribution >= 4 is 24.1 Å². The normalized spacial score (nSPS) is 12.6. The van der Waals surface area contributed by atoms with Gasteiger partial charge in [-0.05, 0) is 41.5 Å². The predicted molar refractivity (Wildman–Crippen MR) is 117 cm³/mol. The summed E-state index contributed by atoms with van der Waals surface area (Å²) < 4.78 is 10.7. The molecule has 0 aliphatic carbocycles. The van der Waals surface area contributed by atoms with Crippen molar-refractivity contribution in [3.05, 3.63) is 101 Å². The zero-order valence-electron chi connectivity index (χ0n) is 16.4. The lowest BCUT2D eigenvalue weighted by atomic mass is 10.1. The van der Waals surface area contributed by atoms with Gasteiger partial charge in [-0.1, -0.05) is 54.6 Å². The Labute approximate surface area is 179 Å². The highest BCUT2D eigenvalue weighted by molar-refractivity contribution is 6.05. The van der Waals surface area contributed by atoms with Gasteiger partial charge in [-0.2, -0.15) is 5.10 Å². The number of fused-ring (bicyclic) bond motifs is 1. The van der Waals surface area contributed by atoms with Gasteiger partial charge in [0.05, 0.1) is 6.21 Å². The van der Waals surface area contributed by atoms with E-state index in [1.54, 1.807) is 48.5 Å². The van der Waals surface area contributed by atoms with Crippen molar-refractivity contribution in [1.29, 1.82) is 0 Å². The summed E-state index contributed by atoms with van der Waals surface area (Å²) in [6.45, 7) is 0.148. The van der Waals surface area contributed by atoms with Crippen LogP contribution in [0.5, 0.6) is 11.5 Å². The molecule has 0 radical (unpaired) electrons. The number of carbonyl (C=O) groups excluding carboxylic acids is 2. The van der Waals surface area contributed by atoms with Gasteiger partial charge in [0.2, 0.25) is 6.79 Å². The minimum absolute atomic E-state index is 0.0398. The van der Waals surface area contributed by atoms with Gasteiger partial charge in [-0.15, -0.1) is 0 Å². The van der Waals surface area contributed by atoms with Crippen LogP contribution < -0.4 is 20.2 Å².